The van der Waals surface area contributed by atoms with E-state index in [1.165, 1.54) is 0 Å². The number of carbonyl (C=O) groups excluding carboxylic acids is 1. The van der Waals surface area contributed by atoms with E-state index in [1.807, 2.05) is 30.3 Å². The highest BCUT2D eigenvalue weighted by atomic mass is 19.1. The standard InChI is InChI=1S/C15H14F2N2O/c16-11-7-12(17)9-13(8-11)19-15(20)14(18)6-10-4-2-1-3-5-10/h1-5,7-9,14H,6,18H2,(H,19,20)/t14-/m0/s1. The van der Waals surface area contributed by atoms with Gasteiger partial charge in [-0.25, -0.2) is 8.78 Å². The predicted molar refractivity (Wildman–Crippen MR) is 73.1 cm³/mol. The van der Waals surface area contributed by atoms with Crippen LogP contribution in [0.25, 0.3) is 0 Å². The third-order valence-electron chi connectivity index (χ3n) is 2.77. The predicted octanol–water partition coefficient (Wildman–Crippen LogP) is 2.47. The van der Waals surface area contributed by atoms with Crippen molar-refractivity contribution in [1.82, 2.24) is 0 Å². The number of halogens is 2. The van der Waals surface area contributed by atoms with Gasteiger partial charge in [0, 0.05) is 11.8 Å². The molecule has 0 saturated heterocycles. The largest absolute Gasteiger partial charge is 0.325 e. The fraction of sp³-hybridized carbons (Fsp3) is 0.133. The summed E-state index contributed by atoms with van der Waals surface area (Å²) in [7, 11) is 0. The molecule has 1 atom stereocenters. The van der Waals surface area contributed by atoms with Gasteiger partial charge in [0.05, 0.1) is 6.04 Å². The van der Waals surface area contributed by atoms with Crippen molar-refractivity contribution >= 4 is 11.6 Å². The zero-order valence-electron chi connectivity index (χ0n) is 10.6. The first kappa shape index (κ1) is 14.1. The second-order valence-electron chi connectivity index (χ2n) is 4.44. The summed E-state index contributed by atoms with van der Waals surface area (Å²) in [4.78, 5) is 11.9. The number of rotatable bonds is 4. The number of amides is 1. The average Bonchev–Trinajstić information content (AvgIpc) is 2.38. The van der Waals surface area contributed by atoms with Crippen LogP contribution in [-0.2, 0) is 11.2 Å². The van der Waals surface area contributed by atoms with E-state index in [0.717, 1.165) is 23.8 Å². The van der Waals surface area contributed by atoms with Crippen molar-refractivity contribution in [2.45, 2.75) is 12.5 Å². The lowest BCUT2D eigenvalue weighted by atomic mass is 10.1. The lowest BCUT2D eigenvalue weighted by Gasteiger charge is -2.12. The molecule has 20 heavy (non-hydrogen) atoms. The molecule has 0 heterocycles. The molecule has 0 bridgehead atoms. The van der Waals surface area contributed by atoms with Crippen LogP contribution in [0.5, 0.6) is 0 Å². The molecule has 0 saturated carbocycles. The zero-order chi connectivity index (χ0) is 14.5. The summed E-state index contributed by atoms with van der Waals surface area (Å²) in [5.41, 5.74) is 6.74. The topological polar surface area (TPSA) is 55.1 Å². The van der Waals surface area contributed by atoms with Gasteiger partial charge in [-0.2, -0.15) is 0 Å². The molecule has 0 aliphatic rings. The van der Waals surface area contributed by atoms with Crippen molar-refractivity contribution < 1.29 is 13.6 Å². The van der Waals surface area contributed by atoms with Crippen LogP contribution in [0.15, 0.2) is 48.5 Å². The lowest BCUT2D eigenvalue weighted by Crippen LogP contribution is -2.37. The number of nitrogens with one attached hydrogen (secondary N) is 1. The average molecular weight is 276 g/mol. The fourth-order valence-electron chi connectivity index (χ4n) is 1.82. The quantitative estimate of drug-likeness (QED) is 0.901. The summed E-state index contributed by atoms with van der Waals surface area (Å²) >= 11 is 0. The van der Waals surface area contributed by atoms with Crippen molar-refractivity contribution in [2.24, 2.45) is 5.73 Å². The van der Waals surface area contributed by atoms with Crippen LogP contribution in [0.2, 0.25) is 0 Å². The maximum Gasteiger partial charge on any atom is 0.241 e. The minimum atomic E-state index is -0.788. The molecule has 3 N–H and O–H groups in total. The lowest BCUT2D eigenvalue weighted by molar-refractivity contribution is -0.117. The summed E-state index contributed by atoms with van der Waals surface area (Å²) in [6.45, 7) is 0. The Bertz CT molecular complexity index is 582. The van der Waals surface area contributed by atoms with Gasteiger partial charge in [0.15, 0.2) is 0 Å². The highest BCUT2D eigenvalue weighted by molar-refractivity contribution is 5.94. The second-order valence-corrected chi connectivity index (χ2v) is 4.44. The molecule has 0 aliphatic heterocycles. The van der Waals surface area contributed by atoms with Gasteiger partial charge in [0.25, 0.3) is 0 Å². The summed E-state index contributed by atoms with van der Waals surface area (Å²) in [5, 5.41) is 2.40. The zero-order valence-corrected chi connectivity index (χ0v) is 10.6. The normalized spacial score (nSPS) is 11.9. The number of benzene rings is 2. The van der Waals surface area contributed by atoms with Crippen molar-refractivity contribution in [1.29, 1.82) is 0 Å². The minimum absolute atomic E-state index is 0.0519. The third-order valence-corrected chi connectivity index (χ3v) is 2.77. The molecule has 0 unspecified atom stereocenters. The molecule has 0 radical (unpaired) electrons. The Labute approximate surface area is 115 Å². The molecule has 3 nitrogen and oxygen atoms in total. The van der Waals surface area contributed by atoms with Gasteiger partial charge >= 0.3 is 0 Å². The summed E-state index contributed by atoms with van der Waals surface area (Å²) < 4.78 is 26.0. The van der Waals surface area contributed by atoms with Gasteiger partial charge in [0.2, 0.25) is 5.91 Å². The maximum absolute atomic E-state index is 13.0. The van der Waals surface area contributed by atoms with E-state index in [1.54, 1.807) is 0 Å². The van der Waals surface area contributed by atoms with Crippen LogP contribution < -0.4 is 11.1 Å². The van der Waals surface area contributed by atoms with Crippen molar-refractivity contribution in [2.75, 3.05) is 5.32 Å². The van der Waals surface area contributed by atoms with Gasteiger partial charge in [-0.3, -0.25) is 4.79 Å². The monoisotopic (exact) mass is 276 g/mol. The van der Waals surface area contributed by atoms with E-state index in [-0.39, 0.29) is 5.69 Å². The molecule has 104 valence electrons. The highest BCUT2D eigenvalue weighted by Gasteiger charge is 2.14. The molecule has 2 rings (SSSR count). The summed E-state index contributed by atoms with van der Waals surface area (Å²) in [5.74, 6) is -1.99. The van der Waals surface area contributed by atoms with Crippen LogP contribution >= 0.6 is 0 Å². The molecule has 0 fully saturated rings. The number of hydrogen-bond donors (Lipinski definition) is 2. The van der Waals surface area contributed by atoms with Gasteiger partial charge in [-0.1, -0.05) is 30.3 Å². The molecule has 2 aromatic carbocycles. The van der Waals surface area contributed by atoms with Gasteiger partial charge in [-0.05, 0) is 24.1 Å². The molecule has 2 aromatic rings. The Kier molecular flexibility index (Phi) is 4.42. The van der Waals surface area contributed by atoms with Gasteiger partial charge in [0.1, 0.15) is 11.6 Å². The molecule has 5 heteroatoms. The Morgan fingerprint density at radius 1 is 1.10 bits per heavy atom. The molecule has 0 aliphatic carbocycles. The van der Waals surface area contributed by atoms with Crippen molar-refractivity contribution in [3.8, 4) is 0 Å². The summed E-state index contributed by atoms with van der Waals surface area (Å²) in [6.07, 6.45) is 0.352. The first-order chi connectivity index (χ1) is 9.54. The van der Waals surface area contributed by atoms with Gasteiger partial charge in [-0.15, -0.1) is 0 Å². The highest BCUT2D eigenvalue weighted by Crippen LogP contribution is 2.13. The van der Waals surface area contributed by atoms with Crippen LogP contribution in [0, 0.1) is 11.6 Å². The number of nitrogens with two attached hydrogens (primary N) is 1. The molecular formula is C15H14F2N2O. The molecule has 0 spiro atoms. The van der Waals surface area contributed by atoms with Crippen molar-refractivity contribution in [3.05, 3.63) is 65.7 Å². The molecule has 0 aromatic heterocycles. The van der Waals surface area contributed by atoms with Crippen LogP contribution in [-0.4, -0.2) is 11.9 Å². The fourth-order valence-corrected chi connectivity index (χ4v) is 1.82. The number of anilines is 1. The second kappa shape index (κ2) is 6.25. The maximum atomic E-state index is 13.0. The van der Waals surface area contributed by atoms with E-state index < -0.39 is 23.6 Å². The number of hydrogen-bond acceptors (Lipinski definition) is 2. The van der Waals surface area contributed by atoms with Crippen LogP contribution in [0.1, 0.15) is 5.56 Å². The van der Waals surface area contributed by atoms with Gasteiger partial charge < -0.3 is 11.1 Å². The van der Waals surface area contributed by atoms with Crippen LogP contribution in [0.4, 0.5) is 14.5 Å². The smallest absolute Gasteiger partial charge is 0.241 e. The summed E-state index contributed by atoms with van der Waals surface area (Å²) in [6, 6.07) is 11.3. The molecule has 1 amide bonds. The van der Waals surface area contributed by atoms with E-state index in [9.17, 15) is 13.6 Å². The number of carbonyl (C=O) groups is 1. The Balaban J connectivity index is 2.00. The van der Waals surface area contributed by atoms with E-state index >= 15 is 0 Å². The Morgan fingerprint density at radius 2 is 1.70 bits per heavy atom. The Morgan fingerprint density at radius 3 is 2.30 bits per heavy atom. The first-order valence-corrected chi connectivity index (χ1v) is 6.11. The van der Waals surface area contributed by atoms with Crippen molar-refractivity contribution in [3.63, 3.8) is 0 Å². The first-order valence-electron chi connectivity index (χ1n) is 6.11. The Hall–Kier alpha value is -2.27. The van der Waals surface area contributed by atoms with Crippen LogP contribution in [0.3, 0.4) is 0 Å². The molecular weight excluding hydrogens is 262 g/mol. The van der Waals surface area contributed by atoms with E-state index in [4.69, 9.17) is 5.73 Å². The van der Waals surface area contributed by atoms with E-state index in [2.05, 4.69) is 5.32 Å². The SMILES string of the molecule is N[C@@H](Cc1ccccc1)C(=O)Nc1cc(F)cc(F)c1. The van der Waals surface area contributed by atoms with E-state index in [0.29, 0.717) is 6.42 Å². The minimum Gasteiger partial charge on any atom is -0.325 e. The third kappa shape index (κ3) is 3.86.